The van der Waals surface area contributed by atoms with Gasteiger partial charge in [-0.1, -0.05) is 150 Å². The standard InChI is InChI=1S/C48H73NOSi/c1-37(31-35-50-51(45(3,4)5,40-22-14-12-15-23-40)41-24-16-13-17-25-41)20-18-21-39(36-49(10)11)27-28-42-38(2)26-29-44-47(42,8)34-30-43-46(6,7)32-19-33-48(43,44)9/h12-17,21-26,31,42-44H,18-20,27-30,32-36H2,1-11H3/b37-31+,39-21-/t42-,43+,44+,47+,48+/m0/s1. The zero-order valence-corrected chi connectivity index (χ0v) is 35.6. The first-order chi connectivity index (χ1) is 24.0. The molecule has 0 aromatic heterocycles. The van der Waals surface area contributed by atoms with Gasteiger partial charge in [0.15, 0.2) is 0 Å². The summed E-state index contributed by atoms with van der Waals surface area (Å²) in [5.41, 5.74) is 6.11. The predicted molar refractivity (Wildman–Crippen MR) is 224 cm³/mol. The molecule has 0 radical (unpaired) electrons. The van der Waals surface area contributed by atoms with Gasteiger partial charge >= 0.3 is 0 Å². The van der Waals surface area contributed by atoms with Crippen LogP contribution in [0.25, 0.3) is 0 Å². The van der Waals surface area contributed by atoms with E-state index in [1.165, 1.54) is 67.3 Å². The zero-order valence-electron chi connectivity index (χ0n) is 34.6. The van der Waals surface area contributed by atoms with Gasteiger partial charge in [-0.3, -0.25) is 0 Å². The first-order valence-corrected chi connectivity index (χ1v) is 22.4. The first kappa shape index (κ1) is 40.0. The number of nitrogens with zero attached hydrogens (tertiary/aromatic N) is 1. The summed E-state index contributed by atoms with van der Waals surface area (Å²) in [5, 5.41) is 2.69. The van der Waals surface area contributed by atoms with Crippen LogP contribution in [-0.4, -0.2) is 40.5 Å². The lowest BCUT2D eigenvalue weighted by atomic mass is 9.39. The van der Waals surface area contributed by atoms with Crippen molar-refractivity contribution < 1.29 is 4.43 Å². The largest absolute Gasteiger partial charge is 0.404 e. The summed E-state index contributed by atoms with van der Waals surface area (Å²) < 4.78 is 7.17. The Morgan fingerprint density at radius 1 is 0.843 bits per heavy atom. The number of rotatable bonds is 13. The van der Waals surface area contributed by atoms with E-state index < -0.39 is 8.32 Å². The maximum absolute atomic E-state index is 7.17. The van der Waals surface area contributed by atoms with Crippen LogP contribution < -0.4 is 10.4 Å². The fraction of sp³-hybridized carbons (Fsp3) is 0.625. The molecular weight excluding hydrogens is 635 g/mol. The second-order valence-corrected chi connectivity index (χ2v) is 23.7. The molecule has 0 spiro atoms. The number of benzene rings is 2. The summed E-state index contributed by atoms with van der Waals surface area (Å²) in [5.74, 6) is 2.39. The van der Waals surface area contributed by atoms with Gasteiger partial charge in [0, 0.05) is 6.54 Å². The Bertz CT molecular complexity index is 1490. The quantitative estimate of drug-likeness (QED) is 0.152. The van der Waals surface area contributed by atoms with Gasteiger partial charge in [0.1, 0.15) is 0 Å². The molecule has 3 aliphatic carbocycles. The van der Waals surface area contributed by atoms with Crippen LogP contribution in [0.15, 0.2) is 95.6 Å². The summed E-state index contributed by atoms with van der Waals surface area (Å²) in [7, 11) is 1.94. The fourth-order valence-corrected chi connectivity index (χ4v) is 16.3. The van der Waals surface area contributed by atoms with Crippen molar-refractivity contribution >= 4 is 18.7 Å². The monoisotopic (exact) mass is 708 g/mol. The number of hydrogen-bond donors (Lipinski definition) is 0. The van der Waals surface area contributed by atoms with Gasteiger partial charge in [-0.2, -0.15) is 0 Å². The molecule has 0 aliphatic heterocycles. The maximum Gasteiger partial charge on any atom is 0.261 e. The second-order valence-electron chi connectivity index (χ2n) is 19.4. The van der Waals surface area contributed by atoms with Crippen molar-refractivity contribution in [3.8, 4) is 0 Å². The normalized spacial score (nSPS) is 28.6. The highest BCUT2D eigenvalue weighted by Gasteiger charge is 2.60. The van der Waals surface area contributed by atoms with Crippen molar-refractivity contribution in [2.45, 2.75) is 132 Å². The van der Waals surface area contributed by atoms with E-state index >= 15 is 0 Å². The lowest BCUT2D eigenvalue weighted by Crippen LogP contribution is -2.66. The van der Waals surface area contributed by atoms with Gasteiger partial charge in [-0.25, -0.2) is 0 Å². The van der Waals surface area contributed by atoms with Gasteiger partial charge in [-0.15, -0.1) is 0 Å². The van der Waals surface area contributed by atoms with E-state index in [4.69, 9.17) is 4.43 Å². The Morgan fingerprint density at radius 2 is 1.47 bits per heavy atom. The van der Waals surface area contributed by atoms with E-state index in [1.807, 2.05) is 0 Å². The molecule has 0 N–H and O–H groups in total. The summed E-state index contributed by atoms with van der Waals surface area (Å²) in [4.78, 5) is 2.37. The SMILES string of the molecule is CC1=CC[C@H]2[C@]3(C)CCCC(C)(C)[C@H]3CC[C@]2(C)[C@H]1CC/C(=C/CC/C(C)=C/CO[Si](c1ccccc1)(c1ccccc1)C(C)(C)C)CN(C)C. The van der Waals surface area contributed by atoms with Gasteiger partial charge in [0.05, 0.1) is 6.61 Å². The Kier molecular flexibility index (Phi) is 12.6. The molecule has 0 unspecified atom stereocenters. The second kappa shape index (κ2) is 16.0. The molecule has 0 amide bonds. The molecule has 2 saturated carbocycles. The number of fused-ring (bicyclic) bond motifs is 3. The van der Waals surface area contributed by atoms with Crippen LogP contribution in [0.3, 0.4) is 0 Å². The predicted octanol–water partition coefficient (Wildman–Crippen LogP) is 11.8. The zero-order chi connectivity index (χ0) is 37.1. The van der Waals surface area contributed by atoms with E-state index in [1.54, 1.807) is 11.1 Å². The highest BCUT2D eigenvalue weighted by atomic mass is 28.4. The molecule has 2 fully saturated rings. The van der Waals surface area contributed by atoms with Crippen LogP contribution in [-0.2, 0) is 4.43 Å². The van der Waals surface area contributed by atoms with E-state index in [2.05, 4.69) is 160 Å². The van der Waals surface area contributed by atoms with Crippen LogP contribution in [0.4, 0.5) is 0 Å². The van der Waals surface area contributed by atoms with Gasteiger partial charge in [-0.05, 0) is 135 Å². The van der Waals surface area contributed by atoms with E-state index in [0.29, 0.717) is 28.8 Å². The summed E-state index contributed by atoms with van der Waals surface area (Å²) >= 11 is 0. The van der Waals surface area contributed by atoms with Crippen LogP contribution >= 0.6 is 0 Å². The Hall–Kier alpha value is -2.20. The molecule has 5 rings (SSSR count). The molecule has 0 heterocycles. The lowest BCUT2D eigenvalue weighted by Gasteiger charge is -2.65. The van der Waals surface area contributed by atoms with Gasteiger partial charge in [0.25, 0.3) is 8.32 Å². The average molecular weight is 708 g/mol. The molecular formula is C48H73NOSi. The van der Waals surface area contributed by atoms with Crippen molar-refractivity contribution in [3.63, 3.8) is 0 Å². The average Bonchev–Trinajstić information content (AvgIpc) is 3.05. The highest BCUT2D eigenvalue weighted by Crippen LogP contribution is 2.68. The van der Waals surface area contributed by atoms with Crippen LogP contribution in [0.2, 0.25) is 5.04 Å². The molecule has 280 valence electrons. The lowest BCUT2D eigenvalue weighted by molar-refractivity contribution is -0.145. The smallest absolute Gasteiger partial charge is 0.261 e. The summed E-state index contributed by atoms with van der Waals surface area (Å²) in [6.07, 6.45) is 20.7. The summed E-state index contributed by atoms with van der Waals surface area (Å²) in [6.45, 7) is 24.1. The molecule has 2 nitrogen and oxygen atoms in total. The highest BCUT2D eigenvalue weighted by molar-refractivity contribution is 6.99. The molecule has 2 aromatic carbocycles. The molecule has 51 heavy (non-hydrogen) atoms. The minimum Gasteiger partial charge on any atom is -0.404 e. The van der Waals surface area contributed by atoms with Crippen LogP contribution in [0.1, 0.15) is 127 Å². The van der Waals surface area contributed by atoms with E-state index in [9.17, 15) is 0 Å². The van der Waals surface area contributed by atoms with Crippen molar-refractivity contribution in [2.75, 3.05) is 27.2 Å². The minimum absolute atomic E-state index is 0.00568. The molecule has 3 aliphatic rings. The third-order valence-electron chi connectivity index (χ3n) is 14.3. The van der Waals surface area contributed by atoms with Crippen LogP contribution in [0.5, 0.6) is 0 Å². The maximum atomic E-state index is 7.17. The van der Waals surface area contributed by atoms with Crippen molar-refractivity contribution in [1.82, 2.24) is 4.90 Å². The topological polar surface area (TPSA) is 12.5 Å². The molecule has 2 aromatic rings. The van der Waals surface area contributed by atoms with E-state index in [0.717, 1.165) is 31.2 Å². The number of likely N-dealkylation sites (N-methyl/N-ethyl adjacent to an activating group) is 1. The Labute approximate surface area is 315 Å². The first-order valence-electron chi connectivity index (χ1n) is 20.4. The number of hydrogen-bond acceptors (Lipinski definition) is 2. The third-order valence-corrected chi connectivity index (χ3v) is 19.3. The van der Waals surface area contributed by atoms with E-state index in [-0.39, 0.29) is 5.04 Å². The Balaban J connectivity index is 1.26. The molecule has 3 heteroatoms. The minimum atomic E-state index is -2.52. The molecule has 0 saturated heterocycles. The van der Waals surface area contributed by atoms with Crippen LogP contribution in [0, 0.1) is 34.0 Å². The summed E-state index contributed by atoms with van der Waals surface area (Å²) in [6, 6.07) is 22.0. The van der Waals surface area contributed by atoms with Crippen molar-refractivity contribution in [2.24, 2.45) is 34.0 Å². The van der Waals surface area contributed by atoms with Gasteiger partial charge in [0.2, 0.25) is 0 Å². The van der Waals surface area contributed by atoms with Crippen molar-refractivity contribution in [1.29, 1.82) is 0 Å². The Morgan fingerprint density at radius 3 is 2.06 bits per heavy atom. The number of allylic oxidation sites excluding steroid dienone is 4. The van der Waals surface area contributed by atoms with Crippen molar-refractivity contribution in [3.05, 3.63) is 95.6 Å². The van der Waals surface area contributed by atoms with Gasteiger partial charge < -0.3 is 9.33 Å². The molecule has 0 bridgehead atoms. The fourth-order valence-electron chi connectivity index (χ4n) is 11.8. The molecule has 5 atom stereocenters. The third kappa shape index (κ3) is 8.32.